The summed E-state index contributed by atoms with van der Waals surface area (Å²) in [5.41, 5.74) is 2.08. The van der Waals surface area contributed by atoms with Crippen molar-refractivity contribution in [3.63, 3.8) is 0 Å². The molecule has 1 atom stereocenters. The Morgan fingerprint density at radius 3 is 2.42 bits per heavy atom. The van der Waals surface area contributed by atoms with Gasteiger partial charge in [0, 0.05) is 31.3 Å². The summed E-state index contributed by atoms with van der Waals surface area (Å²) in [6.45, 7) is 3.62. The molecule has 2 N–H and O–H groups in total. The number of benzene rings is 1. The van der Waals surface area contributed by atoms with E-state index in [-0.39, 0.29) is 29.8 Å². The van der Waals surface area contributed by atoms with Crippen LogP contribution in [-0.4, -0.2) is 24.1 Å². The van der Waals surface area contributed by atoms with Crippen LogP contribution in [0.25, 0.3) is 0 Å². The largest absolute Gasteiger partial charge is 0.352 e. The van der Waals surface area contributed by atoms with E-state index in [0.717, 1.165) is 11.1 Å². The number of amides is 1. The van der Waals surface area contributed by atoms with Crippen LogP contribution in [0.3, 0.4) is 0 Å². The molecule has 1 aromatic carbocycles. The lowest BCUT2D eigenvalue weighted by molar-refractivity contribution is -0.124. The molecule has 5 nitrogen and oxygen atoms in total. The Kier molecular flexibility index (Phi) is 8.22. The standard InChI is InChI=1S/C18H23N3O2.ClH/c1-14(11-19-2)18(23)20-12-15-6-8-16(9-7-15)13-21-10-4-3-5-17(21)22;/h3-10,14,19H,11-13H2,1-2H3,(H,20,23);1H. The van der Waals surface area contributed by atoms with Crippen molar-refractivity contribution >= 4 is 18.3 Å². The predicted molar refractivity (Wildman–Crippen MR) is 98.4 cm³/mol. The minimum atomic E-state index is -0.0516. The molecule has 0 bridgehead atoms. The van der Waals surface area contributed by atoms with Gasteiger partial charge in [0.15, 0.2) is 0 Å². The van der Waals surface area contributed by atoms with Gasteiger partial charge in [-0.15, -0.1) is 12.4 Å². The van der Waals surface area contributed by atoms with Gasteiger partial charge in [0.25, 0.3) is 5.56 Å². The number of aromatic nitrogens is 1. The zero-order valence-corrected chi connectivity index (χ0v) is 14.8. The summed E-state index contributed by atoms with van der Waals surface area (Å²) in [7, 11) is 1.83. The molecule has 0 saturated carbocycles. The van der Waals surface area contributed by atoms with Gasteiger partial charge in [-0.05, 0) is 24.2 Å². The molecule has 0 fully saturated rings. The van der Waals surface area contributed by atoms with Crippen LogP contribution in [0, 0.1) is 5.92 Å². The van der Waals surface area contributed by atoms with Crippen molar-refractivity contribution in [2.24, 2.45) is 5.92 Å². The fourth-order valence-corrected chi connectivity index (χ4v) is 2.31. The highest BCUT2D eigenvalue weighted by atomic mass is 35.5. The van der Waals surface area contributed by atoms with Crippen molar-refractivity contribution in [2.75, 3.05) is 13.6 Å². The Labute approximate surface area is 148 Å². The Morgan fingerprint density at radius 2 is 1.79 bits per heavy atom. The zero-order chi connectivity index (χ0) is 16.7. The fourth-order valence-electron chi connectivity index (χ4n) is 2.31. The number of hydrogen-bond donors (Lipinski definition) is 2. The molecule has 0 aliphatic carbocycles. The number of nitrogens with zero attached hydrogens (tertiary/aromatic N) is 1. The van der Waals surface area contributed by atoms with Crippen molar-refractivity contribution in [2.45, 2.75) is 20.0 Å². The minimum absolute atomic E-state index is 0. The van der Waals surface area contributed by atoms with Crippen molar-refractivity contribution in [1.29, 1.82) is 0 Å². The topological polar surface area (TPSA) is 63.1 Å². The van der Waals surface area contributed by atoms with E-state index in [1.54, 1.807) is 22.9 Å². The molecule has 2 rings (SSSR count). The summed E-state index contributed by atoms with van der Waals surface area (Å²) in [6.07, 6.45) is 1.78. The van der Waals surface area contributed by atoms with Crippen LogP contribution in [-0.2, 0) is 17.9 Å². The van der Waals surface area contributed by atoms with Gasteiger partial charge in [0.2, 0.25) is 5.91 Å². The fraction of sp³-hybridized carbons (Fsp3) is 0.333. The van der Waals surface area contributed by atoms with Gasteiger partial charge in [-0.2, -0.15) is 0 Å². The minimum Gasteiger partial charge on any atom is -0.352 e. The SMILES string of the molecule is CNCC(C)C(=O)NCc1ccc(Cn2ccccc2=O)cc1.Cl. The third-order valence-corrected chi connectivity index (χ3v) is 3.70. The first-order valence-corrected chi connectivity index (χ1v) is 7.75. The molecule has 0 radical (unpaired) electrons. The molecule has 1 aromatic heterocycles. The van der Waals surface area contributed by atoms with E-state index in [0.29, 0.717) is 19.6 Å². The molecule has 1 amide bonds. The van der Waals surface area contributed by atoms with Gasteiger partial charge < -0.3 is 15.2 Å². The van der Waals surface area contributed by atoms with Crippen LogP contribution >= 0.6 is 12.4 Å². The van der Waals surface area contributed by atoms with Crippen LogP contribution in [0.4, 0.5) is 0 Å². The number of pyridine rings is 1. The molecule has 0 aliphatic rings. The van der Waals surface area contributed by atoms with Gasteiger partial charge in [0.1, 0.15) is 0 Å². The molecule has 0 saturated heterocycles. The van der Waals surface area contributed by atoms with Gasteiger partial charge in [-0.1, -0.05) is 37.3 Å². The summed E-state index contributed by atoms with van der Waals surface area (Å²) in [4.78, 5) is 23.6. The lowest BCUT2D eigenvalue weighted by atomic mass is 10.1. The molecule has 2 aromatic rings. The Morgan fingerprint density at radius 1 is 1.12 bits per heavy atom. The maximum Gasteiger partial charge on any atom is 0.250 e. The number of halogens is 1. The molecule has 1 heterocycles. The second-order valence-electron chi connectivity index (χ2n) is 5.66. The van der Waals surface area contributed by atoms with E-state index in [4.69, 9.17) is 0 Å². The van der Waals surface area contributed by atoms with Crippen LogP contribution in [0.15, 0.2) is 53.5 Å². The smallest absolute Gasteiger partial charge is 0.250 e. The van der Waals surface area contributed by atoms with Crippen LogP contribution in [0.1, 0.15) is 18.1 Å². The maximum absolute atomic E-state index is 11.9. The Hall–Kier alpha value is -2.11. The van der Waals surface area contributed by atoms with E-state index in [1.807, 2.05) is 44.3 Å². The van der Waals surface area contributed by atoms with E-state index >= 15 is 0 Å². The van der Waals surface area contributed by atoms with E-state index < -0.39 is 0 Å². The first-order chi connectivity index (χ1) is 11.1. The zero-order valence-electron chi connectivity index (χ0n) is 14.0. The molecule has 130 valence electrons. The van der Waals surface area contributed by atoms with E-state index in [2.05, 4.69) is 10.6 Å². The average Bonchev–Trinajstić information content (AvgIpc) is 2.56. The quantitative estimate of drug-likeness (QED) is 0.801. The number of carbonyl (C=O) groups excluding carboxylic acids is 1. The third-order valence-electron chi connectivity index (χ3n) is 3.70. The Bertz CT molecular complexity index is 698. The molecule has 0 spiro atoms. The second kappa shape index (κ2) is 9.90. The third kappa shape index (κ3) is 5.83. The highest BCUT2D eigenvalue weighted by Crippen LogP contribution is 2.06. The normalized spacial score (nSPS) is 11.4. The molecular formula is C18H24ClN3O2. The summed E-state index contributed by atoms with van der Waals surface area (Å²) in [5, 5.41) is 5.92. The summed E-state index contributed by atoms with van der Waals surface area (Å²) in [6, 6.07) is 13.1. The van der Waals surface area contributed by atoms with Gasteiger partial charge in [0.05, 0.1) is 6.54 Å². The molecule has 24 heavy (non-hydrogen) atoms. The first kappa shape index (κ1) is 19.9. The van der Waals surface area contributed by atoms with E-state index in [1.165, 1.54) is 0 Å². The lowest BCUT2D eigenvalue weighted by Gasteiger charge is -2.12. The highest BCUT2D eigenvalue weighted by molar-refractivity contribution is 5.85. The van der Waals surface area contributed by atoms with Gasteiger partial charge in [-0.3, -0.25) is 9.59 Å². The maximum atomic E-state index is 11.9. The summed E-state index contributed by atoms with van der Waals surface area (Å²) in [5.74, 6) is -0.0107. The van der Waals surface area contributed by atoms with Crippen LogP contribution < -0.4 is 16.2 Å². The number of carbonyl (C=O) groups is 1. The monoisotopic (exact) mass is 349 g/mol. The van der Waals surface area contributed by atoms with Crippen LogP contribution in [0.5, 0.6) is 0 Å². The summed E-state index contributed by atoms with van der Waals surface area (Å²) >= 11 is 0. The van der Waals surface area contributed by atoms with Crippen LogP contribution in [0.2, 0.25) is 0 Å². The molecule has 0 aliphatic heterocycles. The second-order valence-corrected chi connectivity index (χ2v) is 5.66. The number of rotatable bonds is 7. The van der Waals surface area contributed by atoms with Crippen molar-refractivity contribution in [3.8, 4) is 0 Å². The van der Waals surface area contributed by atoms with Gasteiger partial charge in [-0.25, -0.2) is 0 Å². The van der Waals surface area contributed by atoms with E-state index in [9.17, 15) is 9.59 Å². The molecule has 6 heteroatoms. The highest BCUT2D eigenvalue weighted by Gasteiger charge is 2.10. The molecular weight excluding hydrogens is 326 g/mol. The molecule has 1 unspecified atom stereocenters. The lowest BCUT2D eigenvalue weighted by Crippen LogP contribution is -2.33. The summed E-state index contributed by atoms with van der Waals surface area (Å²) < 4.78 is 1.66. The predicted octanol–water partition coefficient (Wildman–Crippen LogP) is 1.79. The number of hydrogen-bond acceptors (Lipinski definition) is 3. The van der Waals surface area contributed by atoms with Crippen molar-refractivity contribution in [3.05, 3.63) is 70.1 Å². The van der Waals surface area contributed by atoms with Crippen molar-refractivity contribution < 1.29 is 4.79 Å². The number of nitrogens with one attached hydrogen (secondary N) is 2. The van der Waals surface area contributed by atoms with Gasteiger partial charge >= 0.3 is 0 Å². The first-order valence-electron chi connectivity index (χ1n) is 7.75. The van der Waals surface area contributed by atoms with Crippen molar-refractivity contribution in [1.82, 2.24) is 15.2 Å². The average molecular weight is 350 g/mol. The Balaban J connectivity index is 0.00000288.